The van der Waals surface area contributed by atoms with Crippen molar-refractivity contribution < 1.29 is 38.9 Å². The van der Waals surface area contributed by atoms with E-state index < -0.39 is 74.1 Å². The molecule has 0 spiro atoms. The number of carbonyl (C=O) groups is 5. The molecular formula is C32H44O8. The summed E-state index contributed by atoms with van der Waals surface area (Å²) < 4.78 is 5.22. The lowest BCUT2D eigenvalue weighted by Gasteiger charge is -2.64. The smallest absolute Gasteiger partial charge is 0.303 e. The Morgan fingerprint density at radius 2 is 1.65 bits per heavy atom. The summed E-state index contributed by atoms with van der Waals surface area (Å²) in [6.45, 7) is 15.2. The van der Waals surface area contributed by atoms with Crippen LogP contribution in [0.15, 0.2) is 23.8 Å². The second-order valence-corrected chi connectivity index (χ2v) is 14.6. The predicted octanol–water partition coefficient (Wildman–Crippen LogP) is 3.71. The summed E-state index contributed by atoms with van der Waals surface area (Å²) in [6, 6.07) is 0. The van der Waals surface area contributed by atoms with Crippen LogP contribution in [-0.4, -0.2) is 56.6 Å². The molecule has 4 rings (SSSR count). The molecule has 40 heavy (non-hydrogen) atoms. The van der Waals surface area contributed by atoms with E-state index in [4.69, 9.17) is 4.74 Å². The number of fused-ring (bicyclic) bond motifs is 5. The van der Waals surface area contributed by atoms with Crippen molar-refractivity contribution in [2.24, 2.45) is 39.4 Å². The number of aliphatic hydroxyl groups excluding tert-OH is 1. The minimum absolute atomic E-state index is 0.00920. The molecule has 4 aliphatic rings. The summed E-state index contributed by atoms with van der Waals surface area (Å²) >= 11 is 0. The Morgan fingerprint density at radius 3 is 2.23 bits per heavy atom. The van der Waals surface area contributed by atoms with Gasteiger partial charge in [-0.2, -0.15) is 0 Å². The van der Waals surface area contributed by atoms with Crippen LogP contribution in [0, 0.1) is 39.4 Å². The molecule has 0 radical (unpaired) electrons. The number of esters is 1. The van der Waals surface area contributed by atoms with Crippen molar-refractivity contribution in [1.82, 2.24) is 0 Å². The molecule has 0 amide bonds. The van der Waals surface area contributed by atoms with E-state index in [1.54, 1.807) is 27.7 Å². The van der Waals surface area contributed by atoms with Gasteiger partial charge in [0.25, 0.3) is 0 Å². The monoisotopic (exact) mass is 556 g/mol. The van der Waals surface area contributed by atoms with E-state index in [9.17, 15) is 34.2 Å². The summed E-state index contributed by atoms with van der Waals surface area (Å²) in [5, 5.41) is 23.2. The Bertz CT molecular complexity index is 1250. The fraction of sp³-hybridized carbons (Fsp3) is 0.719. The highest BCUT2D eigenvalue weighted by Crippen LogP contribution is 2.73. The van der Waals surface area contributed by atoms with Crippen molar-refractivity contribution in [1.29, 1.82) is 0 Å². The minimum Gasteiger partial charge on any atom is -0.456 e. The highest BCUT2D eigenvalue weighted by Gasteiger charge is 2.74. The third-order valence-corrected chi connectivity index (χ3v) is 11.4. The first kappa shape index (κ1) is 30.5. The number of ketones is 4. The van der Waals surface area contributed by atoms with E-state index in [0.29, 0.717) is 6.42 Å². The number of aliphatic hydroxyl groups is 2. The first-order valence-electron chi connectivity index (χ1n) is 14.2. The molecule has 0 saturated heterocycles. The molecule has 0 aliphatic heterocycles. The van der Waals surface area contributed by atoms with Gasteiger partial charge in [0.15, 0.2) is 11.6 Å². The molecule has 0 heterocycles. The van der Waals surface area contributed by atoms with Crippen LogP contribution < -0.4 is 0 Å². The minimum atomic E-state index is -2.01. The number of rotatable bonds is 5. The molecule has 2 N–H and O–H groups in total. The van der Waals surface area contributed by atoms with Gasteiger partial charge in [0, 0.05) is 37.0 Å². The van der Waals surface area contributed by atoms with Crippen molar-refractivity contribution in [3.8, 4) is 0 Å². The maximum absolute atomic E-state index is 14.3. The van der Waals surface area contributed by atoms with Gasteiger partial charge in [0.05, 0.1) is 11.5 Å². The summed E-state index contributed by atoms with van der Waals surface area (Å²) in [5.41, 5.74) is -5.73. The SMILES string of the molecule is CC(=O)OC(C)(C)C=CC(=O)[C@](C)(O)[C@H]1[C@H](O)C[C@@]2(C)[C@@H]3CC=C4[C@@H](CC(=O)C(=O)C4(C)C)[C@]3(C)C(=O)C[C@]12C. The molecule has 0 aromatic rings. The van der Waals surface area contributed by atoms with E-state index in [0.717, 1.165) is 5.57 Å². The van der Waals surface area contributed by atoms with E-state index in [1.165, 1.54) is 26.0 Å². The summed E-state index contributed by atoms with van der Waals surface area (Å²) in [7, 11) is 0. The standard InChI is InChI=1S/C32H44O8/c1-17(33)40-27(2,3)13-12-23(36)32(9,39)25-21(35)15-29(6)22-11-10-18-19(14-20(34)26(38)28(18,4)5)31(22,8)24(37)16-30(25,29)7/h10,12-13,19,21-22,25,35,39H,11,14-16H2,1-9H3/t19-,21-,22+,25+,29+,30-,31+,32+/m1/s1. The summed E-state index contributed by atoms with van der Waals surface area (Å²) in [4.78, 5) is 64.7. The van der Waals surface area contributed by atoms with E-state index in [-0.39, 0.29) is 31.0 Å². The van der Waals surface area contributed by atoms with Crippen molar-refractivity contribution in [3.63, 3.8) is 0 Å². The average molecular weight is 557 g/mol. The molecule has 8 heteroatoms. The van der Waals surface area contributed by atoms with Crippen LogP contribution in [-0.2, 0) is 28.7 Å². The van der Waals surface area contributed by atoms with Crippen LogP contribution in [0.3, 0.4) is 0 Å². The lowest BCUT2D eigenvalue weighted by Crippen LogP contribution is -2.65. The van der Waals surface area contributed by atoms with Crippen LogP contribution in [0.25, 0.3) is 0 Å². The molecule has 4 aliphatic carbocycles. The summed E-state index contributed by atoms with van der Waals surface area (Å²) in [6.07, 6.45) is 4.35. The molecule has 8 nitrogen and oxygen atoms in total. The lowest BCUT2D eigenvalue weighted by molar-refractivity contribution is -0.182. The Labute approximate surface area is 236 Å². The fourth-order valence-electron chi connectivity index (χ4n) is 9.22. The second kappa shape index (κ2) is 9.02. The highest BCUT2D eigenvalue weighted by atomic mass is 16.6. The molecule has 0 aromatic carbocycles. The van der Waals surface area contributed by atoms with Gasteiger partial charge in [0.2, 0.25) is 5.78 Å². The second-order valence-electron chi connectivity index (χ2n) is 14.6. The number of hydrogen-bond acceptors (Lipinski definition) is 8. The normalized spacial score (nSPS) is 40.6. The topological polar surface area (TPSA) is 135 Å². The van der Waals surface area contributed by atoms with Crippen LogP contribution in [0.5, 0.6) is 0 Å². The highest BCUT2D eigenvalue weighted by molar-refractivity contribution is 6.40. The average Bonchev–Trinajstić information content (AvgIpc) is 3.01. The zero-order chi connectivity index (χ0) is 30.4. The third kappa shape index (κ3) is 4.04. The van der Waals surface area contributed by atoms with Crippen molar-refractivity contribution in [2.75, 3.05) is 0 Å². The Hall–Kier alpha value is -2.45. The fourth-order valence-corrected chi connectivity index (χ4v) is 9.22. The molecular weight excluding hydrogens is 512 g/mol. The molecule has 0 unspecified atom stereocenters. The first-order chi connectivity index (χ1) is 18.1. The third-order valence-electron chi connectivity index (χ3n) is 11.4. The van der Waals surface area contributed by atoms with Crippen LogP contribution >= 0.6 is 0 Å². The zero-order valence-corrected chi connectivity index (χ0v) is 25.2. The van der Waals surface area contributed by atoms with Gasteiger partial charge >= 0.3 is 5.97 Å². The number of Topliss-reactive ketones (excluding diaryl/α,β-unsaturated/α-hetero) is 3. The van der Waals surface area contributed by atoms with Gasteiger partial charge in [-0.15, -0.1) is 0 Å². The largest absolute Gasteiger partial charge is 0.456 e. The van der Waals surface area contributed by atoms with Gasteiger partial charge in [0.1, 0.15) is 17.0 Å². The number of hydrogen-bond donors (Lipinski definition) is 2. The molecule has 8 atom stereocenters. The van der Waals surface area contributed by atoms with E-state index >= 15 is 0 Å². The van der Waals surface area contributed by atoms with Crippen molar-refractivity contribution in [3.05, 3.63) is 23.8 Å². The molecule has 3 fully saturated rings. The number of ether oxygens (including phenoxy) is 1. The quantitative estimate of drug-likeness (QED) is 0.227. The lowest BCUT2D eigenvalue weighted by atomic mass is 9.38. The van der Waals surface area contributed by atoms with Gasteiger partial charge in [-0.25, -0.2) is 0 Å². The van der Waals surface area contributed by atoms with Crippen LogP contribution in [0.1, 0.15) is 88.0 Å². The van der Waals surface area contributed by atoms with Crippen LogP contribution in [0.2, 0.25) is 0 Å². The number of carbonyl (C=O) groups excluding carboxylic acids is 5. The molecule has 0 bridgehead atoms. The van der Waals surface area contributed by atoms with Gasteiger partial charge in [-0.05, 0) is 76.4 Å². The Kier molecular flexibility index (Phi) is 6.88. The molecule has 220 valence electrons. The Balaban J connectivity index is 1.75. The molecule has 0 aromatic heterocycles. The van der Waals surface area contributed by atoms with E-state index in [1.807, 2.05) is 26.8 Å². The van der Waals surface area contributed by atoms with Crippen LogP contribution in [0.4, 0.5) is 0 Å². The predicted molar refractivity (Wildman–Crippen MR) is 147 cm³/mol. The van der Waals surface area contributed by atoms with Crippen molar-refractivity contribution >= 4 is 29.1 Å². The summed E-state index contributed by atoms with van der Waals surface area (Å²) in [5.74, 6) is -3.72. The van der Waals surface area contributed by atoms with E-state index in [2.05, 4.69) is 0 Å². The zero-order valence-electron chi connectivity index (χ0n) is 25.2. The maximum atomic E-state index is 14.3. The molecule has 3 saturated carbocycles. The Morgan fingerprint density at radius 1 is 1.05 bits per heavy atom. The van der Waals surface area contributed by atoms with Gasteiger partial charge in [-0.3, -0.25) is 24.0 Å². The van der Waals surface area contributed by atoms with Gasteiger partial charge < -0.3 is 14.9 Å². The number of allylic oxidation sites excluding steroid dienone is 2. The first-order valence-corrected chi connectivity index (χ1v) is 14.2. The van der Waals surface area contributed by atoms with Gasteiger partial charge in [-0.1, -0.05) is 32.4 Å². The van der Waals surface area contributed by atoms with Crippen molar-refractivity contribution in [2.45, 2.75) is 105 Å². The maximum Gasteiger partial charge on any atom is 0.303 e.